The SMILES string of the molecule is CCCc1cc(C(=O)O)cc(SCC(C)C)n1. The molecular formula is C13H19NO2S. The van der Waals surface area contributed by atoms with Gasteiger partial charge in [0.1, 0.15) is 0 Å². The molecule has 1 aromatic heterocycles. The van der Waals surface area contributed by atoms with Gasteiger partial charge in [0.2, 0.25) is 0 Å². The van der Waals surface area contributed by atoms with E-state index in [1.165, 1.54) is 0 Å². The van der Waals surface area contributed by atoms with Crippen LogP contribution in [0, 0.1) is 5.92 Å². The van der Waals surface area contributed by atoms with Gasteiger partial charge in [0.25, 0.3) is 0 Å². The summed E-state index contributed by atoms with van der Waals surface area (Å²) in [5.41, 5.74) is 1.22. The van der Waals surface area contributed by atoms with Gasteiger partial charge in [0.05, 0.1) is 10.6 Å². The molecule has 3 nitrogen and oxygen atoms in total. The van der Waals surface area contributed by atoms with Crippen LogP contribution in [-0.4, -0.2) is 21.8 Å². The third-order valence-electron chi connectivity index (χ3n) is 2.17. The summed E-state index contributed by atoms with van der Waals surface area (Å²) in [5, 5.41) is 9.86. The highest BCUT2D eigenvalue weighted by Gasteiger charge is 2.09. The number of hydrogen-bond donors (Lipinski definition) is 1. The van der Waals surface area contributed by atoms with Crippen molar-refractivity contribution >= 4 is 17.7 Å². The fraction of sp³-hybridized carbons (Fsp3) is 0.538. The van der Waals surface area contributed by atoms with Crippen LogP contribution in [0.2, 0.25) is 0 Å². The molecule has 0 atom stereocenters. The smallest absolute Gasteiger partial charge is 0.335 e. The van der Waals surface area contributed by atoms with Gasteiger partial charge in [-0.3, -0.25) is 0 Å². The number of carbonyl (C=O) groups is 1. The Morgan fingerprint density at radius 2 is 2.18 bits per heavy atom. The maximum atomic E-state index is 11.0. The largest absolute Gasteiger partial charge is 0.478 e. The van der Waals surface area contributed by atoms with Crippen LogP contribution in [0.1, 0.15) is 43.2 Å². The maximum absolute atomic E-state index is 11.0. The first-order valence-electron chi connectivity index (χ1n) is 5.90. The van der Waals surface area contributed by atoms with Crippen LogP contribution in [0.3, 0.4) is 0 Å². The van der Waals surface area contributed by atoms with Gasteiger partial charge in [0.15, 0.2) is 0 Å². The van der Waals surface area contributed by atoms with Crippen molar-refractivity contribution in [1.82, 2.24) is 4.98 Å². The number of aryl methyl sites for hydroxylation is 1. The third kappa shape index (κ3) is 4.77. The fourth-order valence-electron chi connectivity index (χ4n) is 1.39. The molecule has 4 heteroatoms. The summed E-state index contributed by atoms with van der Waals surface area (Å²) in [4.78, 5) is 15.5. The van der Waals surface area contributed by atoms with Crippen LogP contribution in [0.25, 0.3) is 0 Å². The normalized spacial score (nSPS) is 10.8. The van der Waals surface area contributed by atoms with E-state index in [4.69, 9.17) is 5.11 Å². The van der Waals surface area contributed by atoms with Crippen molar-refractivity contribution in [2.45, 2.75) is 38.6 Å². The molecule has 94 valence electrons. The van der Waals surface area contributed by atoms with Crippen LogP contribution in [0.15, 0.2) is 17.2 Å². The molecule has 0 spiro atoms. The van der Waals surface area contributed by atoms with Gasteiger partial charge in [0, 0.05) is 11.4 Å². The Balaban J connectivity index is 2.91. The number of carboxylic acid groups (broad SMARTS) is 1. The zero-order valence-corrected chi connectivity index (χ0v) is 11.4. The zero-order valence-electron chi connectivity index (χ0n) is 10.6. The van der Waals surface area contributed by atoms with Gasteiger partial charge >= 0.3 is 5.97 Å². The maximum Gasteiger partial charge on any atom is 0.335 e. The number of rotatable bonds is 6. The third-order valence-corrected chi connectivity index (χ3v) is 3.51. The lowest BCUT2D eigenvalue weighted by Gasteiger charge is -2.07. The monoisotopic (exact) mass is 253 g/mol. The molecule has 17 heavy (non-hydrogen) atoms. The first kappa shape index (κ1) is 14.0. The summed E-state index contributed by atoms with van der Waals surface area (Å²) in [6, 6.07) is 3.33. The number of hydrogen-bond acceptors (Lipinski definition) is 3. The number of nitrogens with zero attached hydrogens (tertiary/aromatic N) is 1. The Morgan fingerprint density at radius 1 is 1.47 bits per heavy atom. The van der Waals surface area contributed by atoms with Gasteiger partial charge in [-0.05, 0) is 24.5 Å². The molecule has 0 aliphatic carbocycles. The summed E-state index contributed by atoms with van der Waals surface area (Å²) < 4.78 is 0. The van der Waals surface area contributed by atoms with E-state index in [1.807, 2.05) is 0 Å². The minimum absolute atomic E-state index is 0.342. The van der Waals surface area contributed by atoms with Crippen molar-refractivity contribution < 1.29 is 9.90 Å². The van der Waals surface area contributed by atoms with Crippen molar-refractivity contribution in [3.63, 3.8) is 0 Å². The van der Waals surface area contributed by atoms with E-state index in [0.29, 0.717) is 11.5 Å². The second kappa shape index (κ2) is 6.64. The Labute approximate surface area is 107 Å². The second-order valence-electron chi connectivity index (χ2n) is 4.45. The first-order chi connectivity index (χ1) is 8.02. The highest BCUT2D eigenvalue weighted by atomic mass is 32.2. The Bertz CT molecular complexity index is 391. The highest BCUT2D eigenvalue weighted by molar-refractivity contribution is 7.99. The van der Waals surface area contributed by atoms with Gasteiger partial charge in [-0.25, -0.2) is 9.78 Å². The predicted molar refractivity (Wildman–Crippen MR) is 70.8 cm³/mol. The molecule has 1 heterocycles. The topological polar surface area (TPSA) is 50.2 Å². The first-order valence-corrected chi connectivity index (χ1v) is 6.88. The number of carboxylic acids is 1. The van der Waals surface area contributed by atoms with E-state index < -0.39 is 5.97 Å². The average Bonchev–Trinajstić information content (AvgIpc) is 2.26. The van der Waals surface area contributed by atoms with Crippen LogP contribution in [0.4, 0.5) is 0 Å². The lowest BCUT2D eigenvalue weighted by atomic mass is 10.2. The molecule has 0 aliphatic heterocycles. The van der Waals surface area contributed by atoms with Crippen molar-refractivity contribution in [3.05, 3.63) is 23.4 Å². The molecule has 0 aromatic carbocycles. The van der Waals surface area contributed by atoms with Gasteiger partial charge < -0.3 is 5.11 Å². The molecular weight excluding hydrogens is 234 g/mol. The van der Waals surface area contributed by atoms with Crippen molar-refractivity contribution in [2.24, 2.45) is 5.92 Å². The molecule has 0 amide bonds. The number of aromatic nitrogens is 1. The van der Waals surface area contributed by atoms with Crippen LogP contribution < -0.4 is 0 Å². The summed E-state index contributed by atoms with van der Waals surface area (Å²) in [6.45, 7) is 6.35. The van der Waals surface area contributed by atoms with Crippen LogP contribution in [-0.2, 0) is 6.42 Å². The summed E-state index contributed by atoms with van der Waals surface area (Å²) in [6.07, 6.45) is 1.81. The molecule has 1 rings (SSSR count). The lowest BCUT2D eigenvalue weighted by Crippen LogP contribution is -2.02. The molecule has 0 unspecified atom stereocenters. The van der Waals surface area contributed by atoms with Gasteiger partial charge in [-0.15, -0.1) is 11.8 Å². The van der Waals surface area contributed by atoms with Gasteiger partial charge in [-0.1, -0.05) is 27.2 Å². The number of aromatic carboxylic acids is 1. The van der Waals surface area contributed by atoms with E-state index in [1.54, 1.807) is 23.9 Å². The fourth-order valence-corrected chi connectivity index (χ4v) is 2.29. The number of pyridine rings is 1. The average molecular weight is 253 g/mol. The Morgan fingerprint density at radius 3 is 2.71 bits per heavy atom. The van der Waals surface area contributed by atoms with E-state index in [0.717, 1.165) is 29.3 Å². The predicted octanol–water partition coefficient (Wildman–Crippen LogP) is 3.48. The number of thioether (sulfide) groups is 1. The Kier molecular flexibility index (Phi) is 5.48. The molecule has 1 N–H and O–H groups in total. The molecule has 1 aromatic rings. The lowest BCUT2D eigenvalue weighted by molar-refractivity contribution is 0.0696. The van der Waals surface area contributed by atoms with E-state index in [2.05, 4.69) is 25.8 Å². The highest BCUT2D eigenvalue weighted by Crippen LogP contribution is 2.21. The molecule has 0 fully saturated rings. The molecule has 0 bridgehead atoms. The van der Waals surface area contributed by atoms with E-state index >= 15 is 0 Å². The quantitative estimate of drug-likeness (QED) is 0.789. The van der Waals surface area contributed by atoms with Crippen molar-refractivity contribution in [3.8, 4) is 0 Å². The van der Waals surface area contributed by atoms with Crippen molar-refractivity contribution in [2.75, 3.05) is 5.75 Å². The van der Waals surface area contributed by atoms with Crippen molar-refractivity contribution in [1.29, 1.82) is 0 Å². The zero-order chi connectivity index (χ0) is 12.8. The Hall–Kier alpha value is -1.03. The van der Waals surface area contributed by atoms with Gasteiger partial charge in [-0.2, -0.15) is 0 Å². The molecule has 0 saturated carbocycles. The molecule has 0 radical (unpaired) electrons. The second-order valence-corrected chi connectivity index (χ2v) is 5.49. The molecule has 0 saturated heterocycles. The summed E-state index contributed by atoms with van der Waals surface area (Å²) in [7, 11) is 0. The molecule has 0 aliphatic rings. The minimum atomic E-state index is -0.879. The van der Waals surface area contributed by atoms with Crippen LogP contribution >= 0.6 is 11.8 Å². The van der Waals surface area contributed by atoms with E-state index in [9.17, 15) is 4.79 Å². The summed E-state index contributed by atoms with van der Waals surface area (Å²) >= 11 is 1.63. The summed E-state index contributed by atoms with van der Waals surface area (Å²) in [5.74, 6) is 0.655. The van der Waals surface area contributed by atoms with Crippen LogP contribution in [0.5, 0.6) is 0 Å². The minimum Gasteiger partial charge on any atom is -0.478 e. The standard InChI is InChI=1S/C13H19NO2S/c1-4-5-11-6-10(13(15)16)7-12(14-11)17-8-9(2)3/h6-7,9H,4-5,8H2,1-3H3,(H,15,16). The van der Waals surface area contributed by atoms with E-state index in [-0.39, 0.29) is 0 Å².